The third kappa shape index (κ3) is 3.97. The molecule has 0 unspecified atom stereocenters. The van der Waals surface area contributed by atoms with E-state index in [0.29, 0.717) is 25.7 Å². The minimum atomic E-state index is -0.290. The molecule has 3 heterocycles. The molecular weight excluding hydrogens is 364 g/mol. The van der Waals surface area contributed by atoms with Gasteiger partial charge in [0.1, 0.15) is 6.61 Å². The number of guanidine groups is 1. The van der Waals surface area contributed by atoms with Gasteiger partial charge in [0.05, 0.1) is 13.1 Å². The molecule has 0 radical (unpaired) electrons. The lowest BCUT2D eigenvalue weighted by atomic mass is 10.2. The fraction of sp³-hybridized carbons (Fsp3) is 0.389. The Morgan fingerprint density at radius 1 is 1.19 bits per heavy atom. The smallest absolute Gasteiger partial charge is 0.414 e. The fourth-order valence-electron chi connectivity index (χ4n) is 3.18. The number of aliphatic imine (C=N–C) groups is 1. The van der Waals surface area contributed by atoms with Gasteiger partial charge in [-0.3, -0.25) is 4.90 Å². The highest BCUT2D eigenvalue weighted by molar-refractivity contribution is 7.13. The van der Waals surface area contributed by atoms with Gasteiger partial charge in [0.25, 0.3) is 0 Å². The van der Waals surface area contributed by atoms with Gasteiger partial charge < -0.3 is 20.3 Å². The molecule has 0 bridgehead atoms. The number of amides is 1. The highest BCUT2D eigenvalue weighted by atomic mass is 32.1. The molecule has 8 nitrogen and oxygen atoms in total. The number of benzene rings is 1. The third-order valence-corrected chi connectivity index (χ3v) is 5.56. The van der Waals surface area contributed by atoms with Gasteiger partial charge >= 0.3 is 6.09 Å². The summed E-state index contributed by atoms with van der Waals surface area (Å²) < 4.78 is 4.96. The Hall–Kier alpha value is -2.81. The van der Waals surface area contributed by atoms with E-state index >= 15 is 0 Å². The number of thiazole rings is 1. The number of cyclic esters (lactones) is 1. The van der Waals surface area contributed by atoms with Crippen LogP contribution in [0.25, 0.3) is 0 Å². The lowest BCUT2D eigenvalue weighted by Crippen LogP contribution is -2.51. The summed E-state index contributed by atoms with van der Waals surface area (Å²) in [6.45, 7) is 5.02. The van der Waals surface area contributed by atoms with E-state index < -0.39 is 0 Å². The van der Waals surface area contributed by atoms with Crippen LogP contribution >= 0.6 is 11.3 Å². The average Bonchev–Trinajstić information content (AvgIpc) is 3.39. The number of nitrogens with two attached hydrogens (primary N) is 1. The molecule has 9 heteroatoms. The first kappa shape index (κ1) is 17.6. The molecule has 2 aliphatic rings. The van der Waals surface area contributed by atoms with Gasteiger partial charge in [0.2, 0.25) is 0 Å². The van der Waals surface area contributed by atoms with Crippen LogP contribution in [0.5, 0.6) is 0 Å². The molecule has 1 amide bonds. The number of aromatic nitrogens is 1. The Balaban J connectivity index is 1.31. The van der Waals surface area contributed by atoms with Gasteiger partial charge in [-0.15, -0.1) is 11.3 Å². The van der Waals surface area contributed by atoms with Crippen molar-refractivity contribution < 1.29 is 9.53 Å². The van der Waals surface area contributed by atoms with E-state index in [-0.39, 0.29) is 6.09 Å². The molecule has 4 rings (SSSR count). The van der Waals surface area contributed by atoms with E-state index in [2.05, 4.69) is 19.8 Å². The van der Waals surface area contributed by atoms with Crippen molar-refractivity contribution >= 4 is 34.2 Å². The van der Waals surface area contributed by atoms with Crippen molar-refractivity contribution in [2.24, 2.45) is 10.7 Å². The molecule has 1 aromatic heterocycles. The van der Waals surface area contributed by atoms with E-state index in [4.69, 9.17) is 10.5 Å². The molecule has 2 fully saturated rings. The van der Waals surface area contributed by atoms with Crippen LogP contribution in [-0.4, -0.2) is 61.3 Å². The predicted octanol–water partition coefficient (Wildman–Crippen LogP) is 1.74. The van der Waals surface area contributed by atoms with Gasteiger partial charge in [0.15, 0.2) is 11.1 Å². The van der Waals surface area contributed by atoms with Gasteiger partial charge in [-0.1, -0.05) is 12.1 Å². The lowest BCUT2D eigenvalue weighted by Gasteiger charge is -2.35. The summed E-state index contributed by atoms with van der Waals surface area (Å²) in [6, 6.07) is 7.77. The molecule has 0 atom stereocenters. The van der Waals surface area contributed by atoms with Crippen LogP contribution in [-0.2, 0) is 11.3 Å². The summed E-state index contributed by atoms with van der Waals surface area (Å²) in [5.74, 6) is 0.570. The van der Waals surface area contributed by atoms with Crippen LogP contribution in [0.3, 0.4) is 0 Å². The molecule has 2 N–H and O–H groups in total. The third-order valence-electron chi connectivity index (χ3n) is 4.73. The molecular formula is C18H22N6O2S. The van der Waals surface area contributed by atoms with Crippen LogP contribution in [0.4, 0.5) is 15.6 Å². The molecule has 2 saturated heterocycles. The summed E-state index contributed by atoms with van der Waals surface area (Å²) >= 11 is 1.66. The standard InChI is InChI=1S/C18H22N6O2S/c19-16(22-6-8-23(9-7-22)17-20-5-12-27-17)21-13-14-1-3-15(4-2-14)24-10-11-26-18(24)25/h1-5,12H,6-11,13H2,(H2,19,21). The van der Waals surface area contributed by atoms with Crippen molar-refractivity contribution in [2.45, 2.75) is 6.54 Å². The second-order valence-corrected chi connectivity index (χ2v) is 7.27. The van der Waals surface area contributed by atoms with Crippen LogP contribution in [0.1, 0.15) is 5.56 Å². The number of carbonyl (C=O) groups is 1. The summed E-state index contributed by atoms with van der Waals surface area (Å²) in [6.07, 6.45) is 1.54. The molecule has 27 heavy (non-hydrogen) atoms. The maximum Gasteiger partial charge on any atom is 0.414 e. The topological polar surface area (TPSA) is 87.3 Å². The second-order valence-electron chi connectivity index (χ2n) is 6.40. The van der Waals surface area contributed by atoms with Crippen molar-refractivity contribution in [1.29, 1.82) is 0 Å². The van der Waals surface area contributed by atoms with Crippen LogP contribution in [0.15, 0.2) is 40.8 Å². The highest BCUT2D eigenvalue weighted by Gasteiger charge is 2.23. The van der Waals surface area contributed by atoms with Crippen molar-refractivity contribution in [3.05, 3.63) is 41.4 Å². The number of hydrogen-bond acceptors (Lipinski definition) is 6. The second kappa shape index (κ2) is 7.83. The first-order chi connectivity index (χ1) is 13.2. The predicted molar refractivity (Wildman–Crippen MR) is 106 cm³/mol. The van der Waals surface area contributed by atoms with Gasteiger partial charge in [0, 0.05) is 43.4 Å². The van der Waals surface area contributed by atoms with Crippen LogP contribution < -0.4 is 15.5 Å². The molecule has 0 saturated carbocycles. The van der Waals surface area contributed by atoms with Crippen LogP contribution in [0, 0.1) is 0 Å². The number of carbonyl (C=O) groups excluding carboxylic acids is 1. The lowest BCUT2D eigenvalue weighted by molar-refractivity contribution is 0.181. The average molecular weight is 386 g/mol. The minimum Gasteiger partial charge on any atom is -0.447 e. The van der Waals surface area contributed by atoms with Crippen molar-refractivity contribution in [3.63, 3.8) is 0 Å². The summed E-state index contributed by atoms with van der Waals surface area (Å²) in [5, 5.41) is 3.06. The quantitative estimate of drug-likeness (QED) is 0.636. The summed E-state index contributed by atoms with van der Waals surface area (Å²) in [7, 11) is 0. The van der Waals surface area contributed by atoms with E-state index in [1.807, 2.05) is 35.8 Å². The number of ether oxygens (including phenoxy) is 1. The Labute approximate surface area is 161 Å². The van der Waals surface area contributed by atoms with E-state index in [1.54, 1.807) is 16.2 Å². The minimum absolute atomic E-state index is 0.290. The summed E-state index contributed by atoms with van der Waals surface area (Å²) in [4.78, 5) is 26.5. The van der Waals surface area contributed by atoms with Gasteiger partial charge in [-0.25, -0.2) is 14.8 Å². The zero-order valence-electron chi connectivity index (χ0n) is 15.0. The molecule has 1 aromatic carbocycles. The van der Waals surface area contributed by atoms with E-state index in [0.717, 1.165) is 42.6 Å². The zero-order valence-corrected chi connectivity index (χ0v) is 15.8. The van der Waals surface area contributed by atoms with E-state index in [9.17, 15) is 4.79 Å². The van der Waals surface area contributed by atoms with Crippen molar-refractivity contribution in [1.82, 2.24) is 9.88 Å². The highest BCUT2D eigenvalue weighted by Crippen LogP contribution is 2.20. The molecule has 142 valence electrons. The van der Waals surface area contributed by atoms with Crippen molar-refractivity contribution in [3.8, 4) is 0 Å². The number of hydrogen-bond donors (Lipinski definition) is 1. The Morgan fingerprint density at radius 2 is 1.96 bits per heavy atom. The Morgan fingerprint density at radius 3 is 2.59 bits per heavy atom. The number of piperazine rings is 1. The van der Waals surface area contributed by atoms with Gasteiger partial charge in [-0.05, 0) is 17.7 Å². The number of rotatable bonds is 4. The van der Waals surface area contributed by atoms with Crippen LogP contribution in [0.2, 0.25) is 0 Å². The maximum atomic E-state index is 11.6. The van der Waals surface area contributed by atoms with Crippen molar-refractivity contribution in [2.75, 3.05) is 49.1 Å². The number of anilines is 2. The number of nitrogens with zero attached hydrogens (tertiary/aromatic N) is 5. The zero-order chi connectivity index (χ0) is 18.6. The first-order valence-electron chi connectivity index (χ1n) is 8.93. The maximum absolute atomic E-state index is 11.6. The Bertz CT molecular complexity index is 800. The normalized spacial score (nSPS) is 18.1. The monoisotopic (exact) mass is 386 g/mol. The Kier molecular flexibility index (Phi) is 5.10. The van der Waals surface area contributed by atoms with Gasteiger partial charge in [-0.2, -0.15) is 0 Å². The largest absolute Gasteiger partial charge is 0.447 e. The molecule has 2 aromatic rings. The molecule has 0 spiro atoms. The summed E-state index contributed by atoms with van der Waals surface area (Å²) in [5.41, 5.74) is 8.08. The van der Waals surface area contributed by atoms with E-state index in [1.165, 1.54) is 0 Å². The SMILES string of the molecule is NC(=NCc1ccc(N2CCOC2=O)cc1)N1CCN(c2nccs2)CC1. The molecule has 2 aliphatic heterocycles. The first-order valence-corrected chi connectivity index (χ1v) is 9.81. The molecule has 0 aliphatic carbocycles. The fourth-order valence-corrected chi connectivity index (χ4v) is 3.88.